The molecule has 2 amide bonds. The van der Waals surface area contributed by atoms with Crippen molar-refractivity contribution in [2.24, 2.45) is 0 Å². The van der Waals surface area contributed by atoms with Crippen molar-refractivity contribution < 1.29 is 19.1 Å². The van der Waals surface area contributed by atoms with E-state index in [0.717, 1.165) is 16.3 Å². The molecule has 1 aliphatic heterocycles. The van der Waals surface area contributed by atoms with Gasteiger partial charge in [0.15, 0.2) is 11.5 Å². The molecule has 0 bridgehead atoms. The highest BCUT2D eigenvalue weighted by Gasteiger charge is 2.34. The summed E-state index contributed by atoms with van der Waals surface area (Å²) in [6.07, 6.45) is 0.367. The van der Waals surface area contributed by atoms with Gasteiger partial charge < -0.3 is 14.4 Å². The number of aryl methyl sites for hydroxylation is 2. The van der Waals surface area contributed by atoms with Crippen molar-refractivity contribution in [2.45, 2.75) is 40.0 Å². The molecular weight excluding hydrogens is 452 g/mol. The van der Waals surface area contributed by atoms with Crippen LogP contribution in [-0.2, 0) is 4.79 Å². The minimum atomic E-state index is -0.314. The van der Waals surface area contributed by atoms with Crippen molar-refractivity contribution in [1.29, 1.82) is 0 Å². The van der Waals surface area contributed by atoms with Gasteiger partial charge in [0.1, 0.15) is 5.01 Å². The summed E-state index contributed by atoms with van der Waals surface area (Å²) < 4.78 is 11.2. The third-order valence-electron chi connectivity index (χ3n) is 5.74. The van der Waals surface area contributed by atoms with E-state index < -0.39 is 0 Å². The quantitative estimate of drug-likeness (QED) is 0.501. The predicted octanol–water partition coefficient (Wildman–Crippen LogP) is 4.73. The number of carbonyl (C=O) groups excluding carboxylic acids is 2. The molecule has 3 aromatic rings. The summed E-state index contributed by atoms with van der Waals surface area (Å²) in [6.45, 7) is 9.37. The third-order valence-corrected chi connectivity index (χ3v) is 6.74. The van der Waals surface area contributed by atoms with Gasteiger partial charge in [-0.25, -0.2) is 0 Å². The van der Waals surface area contributed by atoms with E-state index >= 15 is 0 Å². The molecule has 1 aliphatic rings. The molecule has 1 saturated heterocycles. The Kier molecular flexibility index (Phi) is 7.12. The van der Waals surface area contributed by atoms with Gasteiger partial charge in [0.2, 0.25) is 11.0 Å². The number of carbonyl (C=O) groups is 2. The van der Waals surface area contributed by atoms with Crippen LogP contribution < -0.4 is 19.7 Å². The van der Waals surface area contributed by atoms with E-state index in [2.05, 4.69) is 22.4 Å². The monoisotopic (exact) mass is 480 g/mol. The number of aromatic nitrogens is 2. The first-order valence-corrected chi connectivity index (χ1v) is 12.1. The van der Waals surface area contributed by atoms with Crippen LogP contribution in [0.15, 0.2) is 36.4 Å². The molecule has 2 heterocycles. The molecule has 1 fully saturated rings. The average Bonchev–Trinajstić information content (AvgIpc) is 3.43. The van der Waals surface area contributed by atoms with Gasteiger partial charge >= 0.3 is 0 Å². The van der Waals surface area contributed by atoms with Crippen LogP contribution >= 0.6 is 11.3 Å². The van der Waals surface area contributed by atoms with Gasteiger partial charge in [-0.05, 0) is 69.2 Å². The second-order valence-corrected chi connectivity index (χ2v) is 9.11. The Hall–Kier alpha value is -3.46. The van der Waals surface area contributed by atoms with E-state index in [0.29, 0.717) is 48.4 Å². The fraction of sp³-hybridized carbons (Fsp3) is 0.360. The highest BCUT2D eigenvalue weighted by Crippen LogP contribution is 2.35. The lowest BCUT2D eigenvalue weighted by molar-refractivity contribution is -0.117. The zero-order chi connectivity index (χ0) is 24.2. The van der Waals surface area contributed by atoms with Crippen LogP contribution in [0.4, 0.5) is 10.8 Å². The molecule has 0 aliphatic carbocycles. The topological polar surface area (TPSA) is 93.7 Å². The molecular formula is C25H28N4O4S. The number of nitrogens with one attached hydrogen (secondary N) is 1. The Morgan fingerprint density at radius 2 is 1.82 bits per heavy atom. The van der Waals surface area contributed by atoms with Gasteiger partial charge in [0.05, 0.1) is 13.2 Å². The molecule has 9 heteroatoms. The predicted molar refractivity (Wildman–Crippen MR) is 132 cm³/mol. The number of hydrogen-bond acceptors (Lipinski definition) is 7. The lowest BCUT2D eigenvalue weighted by Crippen LogP contribution is -2.24. The van der Waals surface area contributed by atoms with Crippen LogP contribution in [0.1, 0.15) is 52.7 Å². The van der Waals surface area contributed by atoms with Gasteiger partial charge in [-0.1, -0.05) is 17.4 Å². The Morgan fingerprint density at radius 3 is 2.56 bits per heavy atom. The zero-order valence-corrected chi connectivity index (χ0v) is 20.6. The number of ether oxygens (including phenoxy) is 2. The first kappa shape index (κ1) is 23.7. The molecule has 1 N–H and O–H groups in total. The maximum atomic E-state index is 12.8. The molecule has 1 atom stereocenters. The third kappa shape index (κ3) is 5.04. The first-order valence-electron chi connectivity index (χ1n) is 11.3. The van der Waals surface area contributed by atoms with Crippen LogP contribution in [0.25, 0.3) is 0 Å². The summed E-state index contributed by atoms with van der Waals surface area (Å²) in [5.41, 5.74) is 3.67. The summed E-state index contributed by atoms with van der Waals surface area (Å²) in [5, 5.41) is 12.3. The van der Waals surface area contributed by atoms with Crippen molar-refractivity contribution >= 4 is 34.0 Å². The number of hydrogen-bond donors (Lipinski definition) is 1. The van der Waals surface area contributed by atoms with Crippen LogP contribution in [-0.4, -0.2) is 41.8 Å². The average molecular weight is 481 g/mol. The van der Waals surface area contributed by atoms with E-state index in [-0.39, 0.29) is 17.7 Å². The standard InChI is InChI=1S/C25H28N4O4S/c1-5-32-20-10-8-17(12-21(20)33-6-2)23(31)26-25-28-27-24(34-25)18-13-22(30)29(14-18)19-9-7-15(3)16(4)11-19/h7-12,18H,5-6,13-14H2,1-4H3,(H,26,28,31). The molecule has 178 valence electrons. The van der Waals surface area contributed by atoms with E-state index in [1.54, 1.807) is 23.1 Å². The first-order chi connectivity index (χ1) is 16.4. The lowest BCUT2D eigenvalue weighted by Gasteiger charge is -2.17. The van der Waals surface area contributed by atoms with Gasteiger partial charge in [0, 0.05) is 30.1 Å². The molecule has 2 aromatic carbocycles. The van der Waals surface area contributed by atoms with Gasteiger partial charge in [-0.15, -0.1) is 10.2 Å². The summed E-state index contributed by atoms with van der Waals surface area (Å²) in [7, 11) is 0. The largest absolute Gasteiger partial charge is 0.490 e. The Labute approximate surface area is 202 Å². The molecule has 4 rings (SSSR count). The van der Waals surface area contributed by atoms with Gasteiger partial charge in [0.25, 0.3) is 5.91 Å². The maximum absolute atomic E-state index is 12.8. The Morgan fingerprint density at radius 1 is 1.06 bits per heavy atom. The van der Waals surface area contributed by atoms with E-state index in [4.69, 9.17) is 9.47 Å². The number of rotatable bonds is 8. The maximum Gasteiger partial charge on any atom is 0.257 e. The van der Waals surface area contributed by atoms with E-state index in [1.165, 1.54) is 16.9 Å². The zero-order valence-electron chi connectivity index (χ0n) is 19.8. The van der Waals surface area contributed by atoms with Crippen molar-refractivity contribution in [1.82, 2.24) is 10.2 Å². The molecule has 1 unspecified atom stereocenters. The number of nitrogens with zero attached hydrogens (tertiary/aromatic N) is 3. The fourth-order valence-corrected chi connectivity index (χ4v) is 4.66. The molecule has 34 heavy (non-hydrogen) atoms. The van der Waals surface area contributed by atoms with Gasteiger partial charge in [-0.3, -0.25) is 14.9 Å². The number of benzene rings is 2. The van der Waals surface area contributed by atoms with Crippen LogP contribution in [0.2, 0.25) is 0 Å². The smallest absolute Gasteiger partial charge is 0.257 e. The van der Waals surface area contributed by atoms with Crippen molar-refractivity contribution in [3.8, 4) is 11.5 Å². The van der Waals surface area contributed by atoms with Crippen LogP contribution in [0, 0.1) is 13.8 Å². The normalized spacial score (nSPS) is 15.5. The van der Waals surface area contributed by atoms with Crippen molar-refractivity contribution in [3.05, 3.63) is 58.1 Å². The summed E-state index contributed by atoms with van der Waals surface area (Å²) in [5.74, 6) is 0.800. The molecule has 0 radical (unpaired) electrons. The highest BCUT2D eigenvalue weighted by atomic mass is 32.1. The van der Waals surface area contributed by atoms with Crippen molar-refractivity contribution in [3.63, 3.8) is 0 Å². The Balaban J connectivity index is 1.44. The van der Waals surface area contributed by atoms with E-state index in [1.807, 2.05) is 39.0 Å². The number of anilines is 2. The second kappa shape index (κ2) is 10.2. The van der Waals surface area contributed by atoms with Crippen LogP contribution in [0.5, 0.6) is 11.5 Å². The summed E-state index contributed by atoms with van der Waals surface area (Å²) in [4.78, 5) is 27.3. The summed E-state index contributed by atoms with van der Waals surface area (Å²) >= 11 is 1.29. The van der Waals surface area contributed by atoms with Crippen molar-refractivity contribution in [2.75, 3.05) is 30.0 Å². The molecule has 8 nitrogen and oxygen atoms in total. The molecule has 0 spiro atoms. The minimum Gasteiger partial charge on any atom is -0.490 e. The molecule has 1 aromatic heterocycles. The van der Waals surface area contributed by atoms with E-state index in [9.17, 15) is 9.59 Å². The number of amides is 2. The van der Waals surface area contributed by atoms with Gasteiger partial charge in [-0.2, -0.15) is 0 Å². The SMILES string of the molecule is CCOc1ccc(C(=O)Nc2nnc(C3CC(=O)N(c4ccc(C)c(C)c4)C3)s2)cc1OCC. The second-order valence-electron chi connectivity index (χ2n) is 8.10. The summed E-state index contributed by atoms with van der Waals surface area (Å²) in [6, 6.07) is 11.1. The fourth-order valence-electron chi connectivity index (χ4n) is 3.83. The lowest BCUT2D eigenvalue weighted by atomic mass is 10.1. The molecule has 0 saturated carbocycles. The Bertz CT molecular complexity index is 1210. The van der Waals surface area contributed by atoms with Crippen LogP contribution in [0.3, 0.4) is 0 Å². The minimum absolute atomic E-state index is 0.0619. The highest BCUT2D eigenvalue weighted by molar-refractivity contribution is 7.15.